The van der Waals surface area contributed by atoms with Gasteiger partial charge in [-0.05, 0) is 18.2 Å². The summed E-state index contributed by atoms with van der Waals surface area (Å²) < 4.78 is 11.0. The number of nitrogens with one attached hydrogen (secondary N) is 1. The summed E-state index contributed by atoms with van der Waals surface area (Å²) in [7, 11) is 0. The molecule has 4 rings (SSSR count). The molecule has 0 aliphatic carbocycles. The molecular formula is C15H15N3O3. The normalized spacial score (nSPS) is 16.5. The van der Waals surface area contributed by atoms with Crippen LogP contribution in [-0.4, -0.2) is 40.5 Å². The number of benzene rings is 1. The van der Waals surface area contributed by atoms with Gasteiger partial charge in [-0.3, -0.25) is 4.79 Å². The third kappa shape index (κ3) is 2.12. The van der Waals surface area contributed by atoms with Crippen molar-refractivity contribution < 1.29 is 14.3 Å². The number of amides is 1. The zero-order chi connectivity index (χ0) is 14.2. The van der Waals surface area contributed by atoms with Crippen LogP contribution in [0.2, 0.25) is 0 Å². The first-order valence-electron chi connectivity index (χ1n) is 7.01. The summed E-state index contributed by atoms with van der Waals surface area (Å²) >= 11 is 0. The molecule has 0 spiro atoms. The molecule has 6 nitrogen and oxygen atoms in total. The van der Waals surface area contributed by atoms with E-state index < -0.39 is 0 Å². The highest BCUT2D eigenvalue weighted by molar-refractivity contribution is 5.95. The van der Waals surface area contributed by atoms with Crippen LogP contribution in [-0.2, 0) is 13.0 Å². The van der Waals surface area contributed by atoms with Gasteiger partial charge in [0.05, 0.1) is 24.3 Å². The number of fused-ring (bicyclic) bond motifs is 2. The number of hydrogen-bond acceptors (Lipinski definition) is 4. The Hall–Kier alpha value is -2.50. The van der Waals surface area contributed by atoms with Gasteiger partial charge in [-0.15, -0.1) is 0 Å². The Labute approximate surface area is 121 Å². The standard InChI is InChI=1S/C15H15N3O3/c19-15(18-4-3-11-12(8-18)17-9-16-11)10-1-2-13-14(7-10)21-6-5-20-13/h1-2,7,9H,3-6,8H2,(H,16,17). The molecule has 0 saturated heterocycles. The second-order valence-corrected chi connectivity index (χ2v) is 5.16. The largest absolute Gasteiger partial charge is 0.486 e. The van der Waals surface area contributed by atoms with E-state index in [2.05, 4.69) is 9.97 Å². The Balaban J connectivity index is 1.58. The third-order valence-electron chi connectivity index (χ3n) is 3.85. The van der Waals surface area contributed by atoms with E-state index in [1.807, 2.05) is 4.90 Å². The van der Waals surface area contributed by atoms with Crippen LogP contribution in [0.25, 0.3) is 0 Å². The van der Waals surface area contributed by atoms with Gasteiger partial charge in [0.15, 0.2) is 11.5 Å². The van der Waals surface area contributed by atoms with Gasteiger partial charge < -0.3 is 19.4 Å². The molecule has 0 radical (unpaired) electrons. The van der Waals surface area contributed by atoms with E-state index in [-0.39, 0.29) is 5.91 Å². The SMILES string of the molecule is O=C(c1ccc2c(c1)OCCO2)N1CCc2nc[nH]c2C1. The average Bonchev–Trinajstić information content (AvgIpc) is 3.01. The summed E-state index contributed by atoms with van der Waals surface area (Å²) in [5, 5.41) is 0. The summed E-state index contributed by atoms with van der Waals surface area (Å²) in [5.41, 5.74) is 2.70. The lowest BCUT2D eigenvalue weighted by molar-refractivity contribution is 0.0731. The van der Waals surface area contributed by atoms with Crippen molar-refractivity contribution >= 4 is 5.91 Å². The van der Waals surface area contributed by atoms with Gasteiger partial charge in [-0.2, -0.15) is 0 Å². The molecule has 1 amide bonds. The molecule has 0 unspecified atom stereocenters. The topological polar surface area (TPSA) is 67.5 Å². The fourth-order valence-corrected chi connectivity index (χ4v) is 2.74. The predicted molar refractivity (Wildman–Crippen MR) is 74.5 cm³/mol. The fraction of sp³-hybridized carbons (Fsp3) is 0.333. The van der Waals surface area contributed by atoms with Crippen molar-refractivity contribution in [2.24, 2.45) is 0 Å². The smallest absolute Gasteiger partial charge is 0.254 e. The highest BCUT2D eigenvalue weighted by Gasteiger charge is 2.24. The number of carbonyl (C=O) groups is 1. The number of imidazole rings is 1. The lowest BCUT2D eigenvalue weighted by Gasteiger charge is -2.27. The van der Waals surface area contributed by atoms with Crippen LogP contribution >= 0.6 is 0 Å². The molecule has 0 bridgehead atoms. The Morgan fingerprint density at radius 1 is 1.24 bits per heavy atom. The summed E-state index contributed by atoms with van der Waals surface area (Å²) in [6.45, 7) is 2.33. The monoisotopic (exact) mass is 285 g/mol. The van der Waals surface area contributed by atoms with Crippen molar-refractivity contribution in [3.63, 3.8) is 0 Å². The van der Waals surface area contributed by atoms with Gasteiger partial charge in [0.2, 0.25) is 0 Å². The molecule has 3 heterocycles. The van der Waals surface area contributed by atoms with Gasteiger partial charge in [-0.25, -0.2) is 4.98 Å². The zero-order valence-corrected chi connectivity index (χ0v) is 11.5. The van der Waals surface area contributed by atoms with Crippen LogP contribution in [0.1, 0.15) is 21.7 Å². The van der Waals surface area contributed by atoms with E-state index in [1.165, 1.54) is 0 Å². The first-order chi connectivity index (χ1) is 10.3. The van der Waals surface area contributed by atoms with Crippen LogP contribution in [0, 0.1) is 0 Å². The van der Waals surface area contributed by atoms with Crippen molar-refractivity contribution in [3.8, 4) is 11.5 Å². The second-order valence-electron chi connectivity index (χ2n) is 5.16. The number of ether oxygens (including phenoxy) is 2. The average molecular weight is 285 g/mol. The molecular weight excluding hydrogens is 270 g/mol. The minimum Gasteiger partial charge on any atom is -0.486 e. The second kappa shape index (κ2) is 4.80. The zero-order valence-electron chi connectivity index (χ0n) is 11.5. The van der Waals surface area contributed by atoms with Gasteiger partial charge in [0.1, 0.15) is 13.2 Å². The molecule has 2 aliphatic heterocycles. The Bertz CT molecular complexity index is 695. The molecule has 2 aliphatic rings. The van der Waals surface area contributed by atoms with Crippen LogP contribution in [0.3, 0.4) is 0 Å². The van der Waals surface area contributed by atoms with Gasteiger partial charge in [0.25, 0.3) is 5.91 Å². The molecule has 2 aromatic rings. The molecule has 6 heteroatoms. The quantitative estimate of drug-likeness (QED) is 0.859. The predicted octanol–water partition coefficient (Wildman–Crippen LogP) is 1.38. The Morgan fingerprint density at radius 3 is 3.00 bits per heavy atom. The molecule has 108 valence electrons. The Morgan fingerprint density at radius 2 is 2.10 bits per heavy atom. The van der Waals surface area contributed by atoms with E-state index >= 15 is 0 Å². The minimum absolute atomic E-state index is 0.00669. The summed E-state index contributed by atoms with van der Waals surface area (Å²) in [6.07, 6.45) is 2.47. The van der Waals surface area contributed by atoms with Crippen LogP contribution < -0.4 is 9.47 Å². The van der Waals surface area contributed by atoms with Gasteiger partial charge in [0, 0.05) is 18.5 Å². The van der Waals surface area contributed by atoms with Crippen molar-refractivity contribution in [3.05, 3.63) is 41.5 Å². The molecule has 1 N–H and O–H groups in total. The lowest BCUT2D eigenvalue weighted by atomic mass is 10.1. The summed E-state index contributed by atoms with van der Waals surface area (Å²) in [6, 6.07) is 5.35. The lowest BCUT2D eigenvalue weighted by Crippen LogP contribution is -2.36. The number of H-pyrrole nitrogens is 1. The number of rotatable bonds is 1. The third-order valence-corrected chi connectivity index (χ3v) is 3.85. The molecule has 21 heavy (non-hydrogen) atoms. The molecule has 0 saturated carbocycles. The van der Waals surface area contributed by atoms with Crippen LogP contribution in [0.15, 0.2) is 24.5 Å². The molecule has 1 aromatic carbocycles. The van der Waals surface area contributed by atoms with E-state index in [0.717, 1.165) is 17.8 Å². The van der Waals surface area contributed by atoms with Gasteiger partial charge in [-0.1, -0.05) is 0 Å². The van der Waals surface area contributed by atoms with Gasteiger partial charge >= 0.3 is 0 Å². The number of nitrogens with zero attached hydrogens (tertiary/aromatic N) is 2. The minimum atomic E-state index is 0.00669. The van der Waals surface area contributed by atoms with E-state index in [4.69, 9.17) is 9.47 Å². The van der Waals surface area contributed by atoms with Crippen molar-refractivity contribution in [1.29, 1.82) is 0 Å². The molecule has 0 atom stereocenters. The first kappa shape index (κ1) is 12.3. The highest BCUT2D eigenvalue weighted by Crippen LogP contribution is 2.31. The molecule has 0 fully saturated rings. The maximum absolute atomic E-state index is 12.6. The van der Waals surface area contributed by atoms with Crippen molar-refractivity contribution in [2.45, 2.75) is 13.0 Å². The van der Waals surface area contributed by atoms with Crippen LogP contribution in [0.5, 0.6) is 11.5 Å². The molecule has 1 aromatic heterocycles. The first-order valence-corrected chi connectivity index (χ1v) is 7.01. The number of hydrogen-bond donors (Lipinski definition) is 1. The fourth-order valence-electron chi connectivity index (χ4n) is 2.74. The number of aromatic nitrogens is 2. The summed E-state index contributed by atoms with van der Waals surface area (Å²) in [4.78, 5) is 21.8. The maximum Gasteiger partial charge on any atom is 0.254 e. The maximum atomic E-state index is 12.6. The van der Waals surface area contributed by atoms with E-state index in [0.29, 0.717) is 43.4 Å². The van der Waals surface area contributed by atoms with E-state index in [1.54, 1.807) is 24.5 Å². The Kier molecular flexibility index (Phi) is 2.80. The van der Waals surface area contributed by atoms with Crippen molar-refractivity contribution in [1.82, 2.24) is 14.9 Å². The number of aromatic amines is 1. The number of carbonyl (C=O) groups excluding carboxylic acids is 1. The van der Waals surface area contributed by atoms with Crippen molar-refractivity contribution in [2.75, 3.05) is 19.8 Å². The van der Waals surface area contributed by atoms with Crippen LogP contribution in [0.4, 0.5) is 0 Å². The summed E-state index contributed by atoms with van der Waals surface area (Å²) in [5.74, 6) is 1.35. The van der Waals surface area contributed by atoms with E-state index in [9.17, 15) is 4.79 Å². The highest BCUT2D eigenvalue weighted by atomic mass is 16.6.